The summed E-state index contributed by atoms with van der Waals surface area (Å²) in [5.41, 5.74) is 0.349. The monoisotopic (exact) mass is 353 g/mol. The van der Waals surface area contributed by atoms with Crippen LogP contribution in [0, 0.1) is 0 Å². The molecule has 2 aromatic carbocycles. The predicted octanol–water partition coefficient (Wildman–Crippen LogP) is 3.30. The van der Waals surface area contributed by atoms with Crippen LogP contribution in [0.1, 0.15) is 53.2 Å². The molecule has 0 bridgehead atoms. The fourth-order valence-electron chi connectivity index (χ4n) is 2.62. The molecule has 1 heterocycles. The Balaban J connectivity index is 1.85. The highest BCUT2D eigenvalue weighted by molar-refractivity contribution is 6.20. The van der Waals surface area contributed by atoms with Crippen molar-refractivity contribution in [1.29, 1.82) is 0 Å². The van der Waals surface area contributed by atoms with Gasteiger partial charge in [0, 0.05) is 0 Å². The van der Waals surface area contributed by atoms with Crippen LogP contribution < -0.4 is 0 Å². The lowest BCUT2D eigenvalue weighted by Crippen LogP contribution is -2.37. The number of hydroxylamine groups is 2. The van der Waals surface area contributed by atoms with Crippen molar-refractivity contribution in [3.05, 3.63) is 71.3 Å². The van der Waals surface area contributed by atoms with E-state index in [1.165, 1.54) is 12.1 Å². The summed E-state index contributed by atoms with van der Waals surface area (Å²) >= 11 is 0. The summed E-state index contributed by atoms with van der Waals surface area (Å²) in [6.45, 7) is 5.41. The average molecular weight is 353 g/mol. The number of imide groups is 1. The van der Waals surface area contributed by atoms with Crippen LogP contribution in [-0.4, -0.2) is 28.4 Å². The van der Waals surface area contributed by atoms with Crippen LogP contribution in [0.25, 0.3) is 0 Å². The summed E-state index contributed by atoms with van der Waals surface area (Å²) in [4.78, 5) is 42.6. The van der Waals surface area contributed by atoms with Gasteiger partial charge >= 0.3 is 5.97 Å². The highest BCUT2D eigenvalue weighted by Crippen LogP contribution is 2.28. The van der Waals surface area contributed by atoms with Gasteiger partial charge < -0.3 is 9.57 Å². The first kappa shape index (κ1) is 17.8. The number of fused-ring (bicyclic) bond motifs is 1. The number of nitrogens with zero attached hydrogens (tertiary/aromatic N) is 1. The Morgan fingerprint density at radius 2 is 1.38 bits per heavy atom. The Bertz CT molecular complexity index is 819. The lowest BCUT2D eigenvalue weighted by Gasteiger charge is -2.27. The molecule has 2 aromatic rings. The van der Waals surface area contributed by atoms with Crippen LogP contribution in [0.4, 0.5) is 0 Å². The zero-order chi connectivity index (χ0) is 18.9. The molecular weight excluding hydrogens is 334 g/mol. The first-order chi connectivity index (χ1) is 12.3. The van der Waals surface area contributed by atoms with E-state index in [4.69, 9.17) is 9.57 Å². The molecule has 0 radical (unpaired) electrons. The lowest BCUT2D eigenvalue weighted by atomic mass is 10.1. The summed E-state index contributed by atoms with van der Waals surface area (Å²) in [5, 5.41) is 0.495. The maximum Gasteiger partial charge on any atom is 0.366 e. The molecule has 1 unspecified atom stereocenters. The zero-order valence-electron chi connectivity index (χ0n) is 14.8. The standard InChI is InChI=1S/C20H19NO5/c1-20(2,3)25-16(13-9-5-4-6-10-13)19(24)26-21-17(22)14-11-7-8-12-15(14)18(21)23/h4-12,16H,1-3H3. The Morgan fingerprint density at radius 1 is 0.885 bits per heavy atom. The number of hydrogen-bond acceptors (Lipinski definition) is 5. The first-order valence-corrected chi connectivity index (χ1v) is 8.20. The van der Waals surface area contributed by atoms with E-state index in [-0.39, 0.29) is 11.1 Å². The molecule has 3 rings (SSSR count). The van der Waals surface area contributed by atoms with Gasteiger partial charge in [0.2, 0.25) is 0 Å². The molecule has 0 fully saturated rings. The molecule has 26 heavy (non-hydrogen) atoms. The highest BCUT2D eigenvalue weighted by Gasteiger charge is 2.40. The van der Waals surface area contributed by atoms with E-state index in [1.807, 2.05) is 6.07 Å². The molecule has 0 saturated carbocycles. The van der Waals surface area contributed by atoms with Gasteiger partial charge in [-0.05, 0) is 38.5 Å². The van der Waals surface area contributed by atoms with Crippen molar-refractivity contribution in [2.45, 2.75) is 32.5 Å². The number of ether oxygens (including phenoxy) is 1. The molecule has 6 nitrogen and oxygen atoms in total. The molecule has 1 aliphatic rings. The predicted molar refractivity (Wildman–Crippen MR) is 93.1 cm³/mol. The average Bonchev–Trinajstić information content (AvgIpc) is 2.85. The highest BCUT2D eigenvalue weighted by atomic mass is 16.7. The van der Waals surface area contributed by atoms with E-state index in [0.29, 0.717) is 10.6 Å². The molecule has 134 valence electrons. The Labute approximate surface area is 151 Å². The summed E-state index contributed by atoms with van der Waals surface area (Å²) < 4.78 is 5.82. The largest absolute Gasteiger partial charge is 0.366 e. The van der Waals surface area contributed by atoms with Gasteiger partial charge in [0.1, 0.15) is 0 Å². The zero-order valence-corrected chi connectivity index (χ0v) is 14.8. The molecule has 0 saturated heterocycles. The third kappa shape index (κ3) is 3.50. The van der Waals surface area contributed by atoms with Crippen LogP contribution in [-0.2, 0) is 14.4 Å². The second-order valence-corrected chi connectivity index (χ2v) is 6.88. The van der Waals surface area contributed by atoms with Crippen LogP contribution >= 0.6 is 0 Å². The third-order valence-electron chi connectivity index (χ3n) is 3.73. The van der Waals surface area contributed by atoms with Gasteiger partial charge in [-0.15, -0.1) is 0 Å². The summed E-state index contributed by atoms with van der Waals surface area (Å²) in [5.74, 6) is -2.16. The molecule has 0 spiro atoms. The van der Waals surface area contributed by atoms with Gasteiger partial charge in [0.05, 0.1) is 16.7 Å². The fourth-order valence-corrected chi connectivity index (χ4v) is 2.62. The summed E-state index contributed by atoms with van der Waals surface area (Å²) in [7, 11) is 0. The van der Waals surface area contributed by atoms with Crippen LogP contribution in [0.3, 0.4) is 0 Å². The lowest BCUT2D eigenvalue weighted by molar-refractivity contribution is -0.190. The number of carbonyl (C=O) groups excluding carboxylic acids is 3. The summed E-state index contributed by atoms with van der Waals surface area (Å²) in [6.07, 6.45) is -1.07. The van der Waals surface area contributed by atoms with Gasteiger partial charge in [-0.1, -0.05) is 47.5 Å². The smallest absolute Gasteiger partial charge is 0.356 e. The van der Waals surface area contributed by atoms with Crippen molar-refractivity contribution in [2.75, 3.05) is 0 Å². The Morgan fingerprint density at radius 3 is 1.88 bits per heavy atom. The Kier molecular flexibility index (Phi) is 4.61. The van der Waals surface area contributed by atoms with Crippen LogP contribution in [0.15, 0.2) is 54.6 Å². The number of benzene rings is 2. The number of hydrogen-bond donors (Lipinski definition) is 0. The van der Waals surface area contributed by atoms with E-state index in [0.717, 1.165) is 0 Å². The Hall–Kier alpha value is -2.99. The second-order valence-electron chi connectivity index (χ2n) is 6.88. The quantitative estimate of drug-likeness (QED) is 0.789. The third-order valence-corrected chi connectivity index (χ3v) is 3.73. The molecule has 0 N–H and O–H groups in total. The van der Waals surface area contributed by atoms with Crippen molar-refractivity contribution in [3.8, 4) is 0 Å². The first-order valence-electron chi connectivity index (χ1n) is 8.20. The van der Waals surface area contributed by atoms with Crippen LogP contribution in [0.2, 0.25) is 0 Å². The van der Waals surface area contributed by atoms with Crippen molar-refractivity contribution in [1.82, 2.24) is 5.06 Å². The van der Waals surface area contributed by atoms with Gasteiger partial charge in [-0.2, -0.15) is 0 Å². The molecule has 1 atom stereocenters. The fraction of sp³-hybridized carbons (Fsp3) is 0.250. The number of carbonyl (C=O) groups is 3. The minimum atomic E-state index is -1.07. The van der Waals surface area contributed by atoms with Crippen LogP contribution in [0.5, 0.6) is 0 Å². The van der Waals surface area contributed by atoms with E-state index < -0.39 is 29.5 Å². The molecule has 1 aliphatic heterocycles. The van der Waals surface area contributed by atoms with Gasteiger partial charge in [-0.25, -0.2) is 4.79 Å². The van der Waals surface area contributed by atoms with E-state index in [9.17, 15) is 14.4 Å². The molecule has 0 aliphatic carbocycles. The maximum absolute atomic E-state index is 12.7. The molecular formula is C20H19NO5. The van der Waals surface area contributed by atoms with E-state index in [1.54, 1.807) is 57.2 Å². The SMILES string of the molecule is CC(C)(C)OC(C(=O)ON1C(=O)c2ccccc2C1=O)c1ccccc1. The molecule has 6 heteroatoms. The minimum Gasteiger partial charge on any atom is -0.356 e. The molecule has 2 amide bonds. The van der Waals surface area contributed by atoms with Crippen molar-refractivity contribution < 1.29 is 24.0 Å². The number of rotatable bonds is 4. The number of amides is 2. The maximum atomic E-state index is 12.7. The summed E-state index contributed by atoms with van der Waals surface area (Å²) in [6, 6.07) is 15.1. The molecule has 0 aromatic heterocycles. The minimum absolute atomic E-state index is 0.207. The normalized spacial score (nSPS) is 15.0. The van der Waals surface area contributed by atoms with Gasteiger partial charge in [-0.3, -0.25) is 9.59 Å². The van der Waals surface area contributed by atoms with Crippen molar-refractivity contribution in [2.24, 2.45) is 0 Å². The second kappa shape index (κ2) is 6.72. The van der Waals surface area contributed by atoms with Crippen molar-refractivity contribution in [3.63, 3.8) is 0 Å². The van der Waals surface area contributed by atoms with E-state index >= 15 is 0 Å². The van der Waals surface area contributed by atoms with Gasteiger partial charge in [0.15, 0.2) is 6.10 Å². The van der Waals surface area contributed by atoms with E-state index in [2.05, 4.69) is 0 Å². The topological polar surface area (TPSA) is 72.9 Å². The van der Waals surface area contributed by atoms with Crippen molar-refractivity contribution >= 4 is 17.8 Å². The van der Waals surface area contributed by atoms with Gasteiger partial charge in [0.25, 0.3) is 11.8 Å².